The molecular weight excluding hydrogens is 334 g/mol. The molecule has 2 aromatic heterocycles. The van der Waals surface area contributed by atoms with Crippen molar-refractivity contribution in [2.45, 2.75) is 34.1 Å². The fourth-order valence-corrected chi connectivity index (χ4v) is 2.95. The van der Waals surface area contributed by atoms with E-state index in [1.807, 2.05) is 22.7 Å². The van der Waals surface area contributed by atoms with Crippen LogP contribution in [-0.2, 0) is 4.79 Å². The normalized spacial score (nSPS) is 11.6. The molecule has 0 atom stereocenters. The Morgan fingerprint density at radius 2 is 1.89 bits per heavy atom. The molecule has 4 heteroatoms. The van der Waals surface area contributed by atoms with Crippen molar-refractivity contribution in [1.29, 1.82) is 0 Å². The van der Waals surface area contributed by atoms with E-state index in [0.29, 0.717) is 12.5 Å². The Labute approximate surface area is 160 Å². The quantitative estimate of drug-likeness (QED) is 0.642. The van der Waals surface area contributed by atoms with Crippen molar-refractivity contribution in [3.05, 3.63) is 65.5 Å². The molecule has 3 rings (SSSR count). The van der Waals surface area contributed by atoms with Crippen LogP contribution in [0, 0.1) is 19.8 Å². The average Bonchev–Trinajstić information content (AvgIpc) is 2.97. The Morgan fingerprint density at radius 1 is 1.15 bits per heavy atom. The second-order valence-corrected chi connectivity index (χ2v) is 7.45. The third-order valence-corrected chi connectivity index (χ3v) is 4.56. The summed E-state index contributed by atoms with van der Waals surface area (Å²) < 4.78 is 2.03. The molecule has 0 saturated carbocycles. The molecule has 0 unspecified atom stereocenters. The van der Waals surface area contributed by atoms with Gasteiger partial charge >= 0.3 is 0 Å². The van der Waals surface area contributed by atoms with E-state index in [2.05, 4.69) is 63.3 Å². The Bertz CT molecular complexity index is 965. The molecule has 0 fully saturated rings. The lowest BCUT2D eigenvalue weighted by atomic mass is 10.1. The van der Waals surface area contributed by atoms with Crippen LogP contribution >= 0.6 is 0 Å². The molecule has 0 aliphatic carbocycles. The van der Waals surface area contributed by atoms with E-state index in [4.69, 9.17) is 4.98 Å². The highest BCUT2D eigenvalue weighted by Gasteiger charge is 2.12. The molecule has 2 heterocycles. The molecule has 0 aliphatic rings. The highest BCUT2D eigenvalue weighted by Crippen LogP contribution is 2.26. The summed E-state index contributed by atoms with van der Waals surface area (Å²) in [6, 6.07) is 12.4. The summed E-state index contributed by atoms with van der Waals surface area (Å²) in [5, 5.41) is 2.94. The number of nitrogens with one attached hydrogen (secondary N) is 1. The van der Waals surface area contributed by atoms with Gasteiger partial charge in [-0.05, 0) is 50.0 Å². The third-order valence-electron chi connectivity index (χ3n) is 4.56. The van der Waals surface area contributed by atoms with Crippen LogP contribution in [0.2, 0.25) is 0 Å². The Kier molecular flexibility index (Phi) is 5.75. The molecule has 1 aromatic carbocycles. The molecule has 0 bridgehead atoms. The van der Waals surface area contributed by atoms with Crippen LogP contribution in [0.3, 0.4) is 0 Å². The van der Waals surface area contributed by atoms with Gasteiger partial charge in [0.05, 0.1) is 11.4 Å². The summed E-state index contributed by atoms with van der Waals surface area (Å²) in [5.74, 6) is 0.497. The van der Waals surface area contributed by atoms with Crippen LogP contribution in [-0.4, -0.2) is 21.8 Å². The number of benzene rings is 1. The maximum atomic E-state index is 12.2. The number of pyridine rings is 1. The Balaban J connectivity index is 1.94. The van der Waals surface area contributed by atoms with E-state index >= 15 is 0 Å². The topological polar surface area (TPSA) is 46.4 Å². The van der Waals surface area contributed by atoms with Crippen molar-refractivity contribution < 1.29 is 4.79 Å². The minimum Gasteiger partial charge on any atom is -0.353 e. The monoisotopic (exact) mass is 361 g/mol. The van der Waals surface area contributed by atoms with Gasteiger partial charge in [0, 0.05) is 24.4 Å². The first kappa shape index (κ1) is 18.9. The van der Waals surface area contributed by atoms with Crippen LogP contribution in [0.4, 0.5) is 0 Å². The maximum Gasteiger partial charge on any atom is 0.244 e. The van der Waals surface area contributed by atoms with Gasteiger partial charge in [-0.25, -0.2) is 4.98 Å². The lowest BCUT2D eigenvalue weighted by Crippen LogP contribution is -2.23. The smallest absolute Gasteiger partial charge is 0.244 e. The second-order valence-electron chi connectivity index (χ2n) is 7.45. The number of aromatic nitrogens is 2. The van der Waals surface area contributed by atoms with E-state index in [0.717, 1.165) is 34.6 Å². The fraction of sp³-hybridized carbons (Fsp3) is 0.304. The van der Waals surface area contributed by atoms with Crippen LogP contribution < -0.4 is 5.32 Å². The molecule has 140 valence electrons. The van der Waals surface area contributed by atoms with Crippen LogP contribution in [0.5, 0.6) is 0 Å². The fourth-order valence-electron chi connectivity index (χ4n) is 2.95. The standard InChI is InChI=1S/C23H27N3O/c1-16(2)11-13-24-22(27)10-9-20-23(19-7-5-17(3)6-8-19)25-21-15-18(4)12-14-26(20)21/h5-10,12,14-16H,11,13H2,1-4H3,(H,24,27)/b10-9+. The zero-order valence-electron chi connectivity index (χ0n) is 16.5. The first-order chi connectivity index (χ1) is 12.9. The van der Waals surface area contributed by atoms with Crippen molar-refractivity contribution in [1.82, 2.24) is 14.7 Å². The predicted molar refractivity (Wildman–Crippen MR) is 112 cm³/mol. The molecule has 0 saturated heterocycles. The zero-order chi connectivity index (χ0) is 19.4. The molecule has 4 nitrogen and oxygen atoms in total. The summed E-state index contributed by atoms with van der Waals surface area (Å²) in [7, 11) is 0. The van der Waals surface area contributed by atoms with Crippen molar-refractivity contribution in [3.8, 4) is 11.3 Å². The number of nitrogens with zero attached hydrogens (tertiary/aromatic N) is 2. The number of aryl methyl sites for hydroxylation is 2. The minimum absolute atomic E-state index is 0.0763. The van der Waals surface area contributed by atoms with Crippen LogP contribution in [0.1, 0.15) is 37.1 Å². The molecule has 3 aromatic rings. The van der Waals surface area contributed by atoms with E-state index < -0.39 is 0 Å². The lowest BCUT2D eigenvalue weighted by Gasteiger charge is -2.05. The van der Waals surface area contributed by atoms with Gasteiger partial charge in [-0.1, -0.05) is 43.7 Å². The molecule has 0 aliphatic heterocycles. The van der Waals surface area contributed by atoms with Crippen molar-refractivity contribution in [2.75, 3.05) is 6.54 Å². The number of carbonyl (C=O) groups is 1. The van der Waals surface area contributed by atoms with Gasteiger partial charge in [0.1, 0.15) is 5.65 Å². The first-order valence-electron chi connectivity index (χ1n) is 9.45. The van der Waals surface area contributed by atoms with Gasteiger partial charge in [0.25, 0.3) is 0 Å². The van der Waals surface area contributed by atoms with Gasteiger partial charge in [0.15, 0.2) is 0 Å². The largest absolute Gasteiger partial charge is 0.353 e. The molecule has 0 spiro atoms. The van der Waals surface area contributed by atoms with Gasteiger partial charge in [0.2, 0.25) is 5.91 Å². The molecular formula is C23H27N3O. The van der Waals surface area contributed by atoms with Gasteiger partial charge in [-0.2, -0.15) is 0 Å². The highest BCUT2D eigenvalue weighted by atomic mass is 16.1. The Morgan fingerprint density at radius 3 is 2.59 bits per heavy atom. The lowest BCUT2D eigenvalue weighted by molar-refractivity contribution is -0.116. The van der Waals surface area contributed by atoms with E-state index in [1.54, 1.807) is 6.08 Å². The number of hydrogen-bond donors (Lipinski definition) is 1. The number of hydrogen-bond acceptors (Lipinski definition) is 2. The average molecular weight is 361 g/mol. The minimum atomic E-state index is -0.0763. The second kappa shape index (κ2) is 8.21. The van der Waals surface area contributed by atoms with Crippen LogP contribution in [0.15, 0.2) is 48.7 Å². The molecule has 1 amide bonds. The van der Waals surface area contributed by atoms with E-state index in [9.17, 15) is 4.79 Å². The summed E-state index contributed by atoms with van der Waals surface area (Å²) in [5.41, 5.74) is 6.08. The molecule has 1 N–H and O–H groups in total. The first-order valence-corrected chi connectivity index (χ1v) is 9.45. The zero-order valence-corrected chi connectivity index (χ0v) is 16.5. The van der Waals surface area contributed by atoms with Gasteiger partial charge in [-0.3, -0.25) is 9.20 Å². The van der Waals surface area contributed by atoms with Crippen molar-refractivity contribution in [3.63, 3.8) is 0 Å². The van der Waals surface area contributed by atoms with E-state index in [-0.39, 0.29) is 5.91 Å². The van der Waals surface area contributed by atoms with Gasteiger partial charge < -0.3 is 5.32 Å². The number of carbonyl (C=O) groups excluding carboxylic acids is 1. The SMILES string of the molecule is Cc1ccc(-c2nc3cc(C)ccn3c2/C=C/C(=O)NCCC(C)C)cc1. The number of amides is 1. The highest BCUT2D eigenvalue weighted by molar-refractivity contribution is 5.92. The van der Waals surface area contributed by atoms with Crippen molar-refractivity contribution in [2.24, 2.45) is 5.92 Å². The van der Waals surface area contributed by atoms with Crippen LogP contribution in [0.25, 0.3) is 23.0 Å². The third kappa shape index (κ3) is 4.64. The number of imidazole rings is 1. The molecule has 27 heavy (non-hydrogen) atoms. The predicted octanol–water partition coefficient (Wildman–Crippen LogP) is 4.79. The number of fused-ring (bicyclic) bond motifs is 1. The van der Waals surface area contributed by atoms with E-state index in [1.165, 1.54) is 5.56 Å². The van der Waals surface area contributed by atoms with Crippen molar-refractivity contribution >= 4 is 17.6 Å². The Hall–Kier alpha value is -2.88. The summed E-state index contributed by atoms with van der Waals surface area (Å²) in [6.07, 6.45) is 6.44. The summed E-state index contributed by atoms with van der Waals surface area (Å²) >= 11 is 0. The number of rotatable bonds is 6. The maximum absolute atomic E-state index is 12.2. The summed E-state index contributed by atoms with van der Waals surface area (Å²) in [4.78, 5) is 17.0. The summed E-state index contributed by atoms with van der Waals surface area (Å²) in [6.45, 7) is 9.11. The van der Waals surface area contributed by atoms with Gasteiger partial charge in [-0.15, -0.1) is 0 Å². The molecule has 0 radical (unpaired) electrons.